The van der Waals surface area contributed by atoms with E-state index < -0.39 is 0 Å². The number of unbranched alkanes of at least 4 members (excludes halogenated alkanes) is 2. The number of rotatable bonds is 5. The van der Waals surface area contributed by atoms with Crippen molar-refractivity contribution in [3.05, 3.63) is 24.8 Å². The van der Waals surface area contributed by atoms with Gasteiger partial charge in [0, 0.05) is 6.54 Å². The van der Waals surface area contributed by atoms with Crippen LogP contribution in [0.15, 0.2) is 24.8 Å². The summed E-state index contributed by atoms with van der Waals surface area (Å²) in [4.78, 5) is 0. The van der Waals surface area contributed by atoms with E-state index in [1.807, 2.05) is 12.2 Å². The van der Waals surface area contributed by atoms with Crippen molar-refractivity contribution in [3.8, 4) is 0 Å². The van der Waals surface area contributed by atoms with Crippen LogP contribution < -0.4 is 5.73 Å². The Balaban J connectivity index is 2.90. The zero-order valence-electron chi connectivity index (χ0n) is 5.84. The third kappa shape index (κ3) is 7.44. The van der Waals surface area contributed by atoms with Gasteiger partial charge < -0.3 is 5.73 Å². The van der Waals surface area contributed by atoms with Crippen molar-refractivity contribution in [1.82, 2.24) is 0 Å². The SMILES string of the molecule is C=CCCCC=CCN. The fourth-order valence-corrected chi connectivity index (χ4v) is 0.594. The van der Waals surface area contributed by atoms with E-state index in [9.17, 15) is 0 Å². The molecule has 0 unspecified atom stereocenters. The molecule has 0 saturated heterocycles. The first kappa shape index (κ1) is 8.44. The Labute approximate surface area is 57.3 Å². The van der Waals surface area contributed by atoms with E-state index in [0.29, 0.717) is 6.54 Å². The van der Waals surface area contributed by atoms with Gasteiger partial charge in [0.15, 0.2) is 0 Å². The average molecular weight is 125 g/mol. The molecule has 9 heavy (non-hydrogen) atoms. The van der Waals surface area contributed by atoms with Crippen LogP contribution in [0.2, 0.25) is 0 Å². The lowest BCUT2D eigenvalue weighted by Gasteiger charge is -1.87. The predicted molar refractivity (Wildman–Crippen MR) is 42.2 cm³/mol. The summed E-state index contributed by atoms with van der Waals surface area (Å²) >= 11 is 0. The maximum absolute atomic E-state index is 5.24. The maximum Gasteiger partial charge on any atom is 0.0106 e. The lowest BCUT2D eigenvalue weighted by Crippen LogP contribution is -1.91. The van der Waals surface area contributed by atoms with Crippen molar-refractivity contribution >= 4 is 0 Å². The van der Waals surface area contributed by atoms with Crippen LogP contribution in [0.1, 0.15) is 19.3 Å². The largest absolute Gasteiger partial charge is 0.327 e. The molecule has 0 fully saturated rings. The molecule has 0 spiro atoms. The Kier molecular flexibility index (Phi) is 6.98. The molecular weight excluding hydrogens is 110 g/mol. The van der Waals surface area contributed by atoms with Crippen LogP contribution in [0.4, 0.5) is 0 Å². The monoisotopic (exact) mass is 125 g/mol. The van der Waals surface area contributed by atoms with E-state index in [-0.39, 0.29) is 0 Å². The number of nitrogens with two attached hydrogens (primary N) is 1. The molecule has 0 saturated carbocycles. The molecule has 0 aromatic carbocycles. The molecule has 2 N–H and O–H groups in total. The third-order valence-electron chi connectivity index (χ3n) is 1.08. The summed E-state index contributed by atoms with van der Waals surface area (Å²) in [6.07, 6.45) is 9.47. The second-order valence-electron chi connectivity index (χ2n) is 1.93. The highest BCUT2D eigenvalue weighted by Gasteiger charge is 1.76. The minimum Gasteiger partial charge on any atom is -0.327 e. The summed E-state index contributed by atoms with van der Waals surface area (Å²) in [6, 6.07) is 0. The third-order valence-corrected chi connectivity index (χ3v) is 1.08. The number of hydrogen-bond donors (Lipinski definition) is 1. The van der Waals surface area contributed by atoms with Gasteiger partial charge in [0.25, 0.3) is 0 Å². The van der Waals surface area contributed by atoms with Gasteiger partial charge in [-0.05, 0) is 19.3 Å². The molecule has 0 amide bonds. The molecule has 0 aliphatic carbocycles. The molecule has 0 aliphatic heterocycles. The second-order valence-corrected chi connectivity index (χ2v) is 1.93. The van der Waals surface area contributed by atoms with Crippen molar-refractivity contribution in [1.29, 1.82) is 0 Å². The van der Waals surface area contributed by atoms with Crippen LogP contribution in [0.25, 0.3) is 0 Å². The van der Waals surface area contributed by atoms with Gasteiger partial charge >= 0.3 is 0 Å². The fraction of sp³-hybridized carbons (Fsp3) is 0.500. The Morgan fingerprint density at radius 2 is 2.00 bits per heavy atom. The Morgan fingerprint density at radius 3 is 2.56 bits per heavy atom. The highest BCUT2D eigenvalue weighted by molar-refractivity contribution is 4.82. The standard InChI is InChI=1S/C8H15N/c1-2-3-4-5-6-7-8-9/h2,6-7H,1,3-5,8-9H2. The fourth-order valence-electron chi connectivity index (χ4n) is 0.594. The zero-order valence-corrected chi connectivity index (χ0v) is 5.84. The predicted octanol–water partition coefficient (Wildman–Crippen LogP) is 1.86. The maximum atomic E-state index is 5.24. The van der Waals surface area contributed by atoms with Gasteiger partial charge in [-0.1, -0.05) is 18.2 Å². The van der Waals surface area contributed by atoms with Gasteiger partial charge in [0.2, 0.25) is 0 Å². The molecular formula is C8H15N. The highest BCUT2D eigenvalue weighted by Crippen LogP contribution is 1.95. The average Bonchev–Trinajstić information content (AvgIpc) is 1.89. The quantitative estimate of drug-likeness (QED) is 0.440. The highest BCUT2D eigenvalue weighted by atomic mass is 14.5. The van der Waals surface area contributed by atoms with Gasteiger partial charge in [-0.25, -0.2) is 0 Å². The minimum absolute atomic E-state index is 0.661. The van der Waals surface area contributed by atoms with Crippen LogP contribution in [0, 0.1) is 0 Å². The first-order chi connectivity index (χ1) is 4.41. The van der Waals surface area contributed by atoms with Gasteiger partial charge in [-0.2, -0.15) is 0 Å². The summed E-state index contributed by atoms with van der Waals surface area (Å²) in [5.41, 5.74) is 5.24. The summed E-state index contributed by atoms with van der Waals surface area (Å²) < 4.78 is 0. The van der Waals surface area contributed by atoms with Crippen LogP contribution in [0.5, 0.6) is 0 Å². The van der Waals surface area contributed by atoms with Crippen LogP contribution >= 0.6 is 0 Å². The van der Waals surface area contributed by atoms with E-state index in [2.05, 4.69) is 12.7 Å². The van der Waals surface area contributed by atoms with Gasteiger partial charge in [0.1, 0.15) is 0 Å². The van der Waals surface area contributed by atoms with Crippen LogP contribution in [-0.4, -0.2) is 6.54 Å². The molecule has 0 rings (SSSR count). The van der Waals surface area contributed by atoms with Crippen molar-refractivity contribution in [2.75, 3.05) is 6.54 Å². The lowest BCUT2D eigenvalue weighted by molar-refractivity contribution is 0.867. The van der Waals surface area contributed by atoms with Gasteiger partial charge in [-0.3, -0.25) is 0 Å². The summed E-state index contributed by atoms with van der Waals surface area (Å²) in [6.45, 7) is 4.29. The van der Waals surface area contributed by atoms with Crippen molar-refractivity contribution < 1.29 is 0 Å². The molecule has 0 aromatic heterocycles. The Hall–Kier alpha value is -0.560. The summed E-state index contributed by atoms with van der Waals surface area (Å²) in [5.74, 6) is 0. The van der Waals surface area contributed by atoms with Gasteiger partial charge in [0.05, 0.1) is 0 Å². The van der Waals surface area contributed by atoms with Crippen molar-refractivity contribution in [3.63, 3.8) is 0 Å². The second kappa shape index (κ2) is 7.44. The van der Waals surface area contributed by atoms with Crippen LogP contribution in [-0.2, 0) is 0 Å². The normalized spacial score (nSPS) is 10.3. The molecule has 52 valence electrons. The van der Waals surface area contributed by atoms with Crippen molar-refractivity contribution in [2.24, 2.45) is 5.73 Å². The number of hydrogen-bond acceptors (Lipinski definition) is 1. The molecule has 1 heteroatoms. The van der Waals surface area contributed by atoms with Gasteiger partial charge in [-0.15, -0.1) is 6.58 Å². The van der Waals surface area contributed by atoms with E-state index in [4.69, 9.17) is 5.73 Å². The topological polar surface area (TPSA) is 26.0 Å². The summed E-state index contributed by atoms with van der Waals surface area (Å²) in [7, 11) is 0. The lowest BCUT2D eigenvalue weighted by atomic mass is 10.2. The zero-order chi connectivity index (χ0) is 6.95. The first-order valence-electron chi connectivity index (χ1n) is 3.37. The molecule has 0 radical (unpaired) electrons. The van der Waals surface area contributed by atoms with E-state index in [1.165, 1.54) is 6.42 Å². The van der Waals surface area contributed by atoms with Crippen LogP contribution in [0.3, 0.4) is 0 Å². The molecule has 0 aromatic rings. The smallest absolute Gasteiger partial charge is 0.0106 e. The molecule has 0 bridgehead atoms. The molecule has 0 atom stereocenters. The molecule has 1 nitrogen and oxygen atoms in total. The number of allylic oxidation sites excluding steroid dienone is 2. The summed E-state index contributed by atoms with van der Waals surface area (Å²) in [5, 5.41) is 0. The Morgan fingerprint density at radius 1 is 1.22 bits per heavy atom. The van der Waals surface area contributed by atoms with E-state index in [1.54, 1.807) is 0 Å². The minimum atomic E-state index is 0.661. The van der Waals surface area contributed by atoms with E-state index >= 15 is 0 Å². The van der Waals surface area contributed by atoms with E-state index in [0.717, 1.165) is 12.8 Å². The van der Waals surface area contributed by atoms with Crippen molar-refractivity contribution in [2.45, 2.75) is 19.3 Å². The molecule has 0 aliphatic rings. The Bertz CT molecular complexity index is 84.6. The first-order valence-corrected chi connectivity index (χ1v) is 3.37. The molecule has 0 heterocycles.